The lowest BCUT2D eigenvalue weighted by Gasteiger charge is -2.30. The van der Waals surface area contributed by atoms with E-state index in [4.69, 9.17) is 0 Å². The Bertz CT molecular complexity index is 3590. The molecule has 1 heterocycles. The second-order valence-corrected chi connectivity index (χ2v) is 16.8. The Hall–Kier alpha value is -8.20. The first-order valence-corrected chi connectivity index (χ1v) is 22.3. The van der Waals surface area contributed by atoms with Gasteiger partial charge in [-0.2, -0.15) is 0 Å². The molecule has 0 N–H and O–H groups in total. The minimum atomic E-state index is 0.909. The van der Waals surface area contributed by atoms with Crippen molar-refractivity contribution in [1.29, 1.82) is 0 Å². The quantitative estimate of drug-likeness (QED) is 0.148. The fraction of sp³-hybridized carbons (Fsp3) is 0.0323. The zero-order valence-electron chi connectivity index (χ0n) is 35.4. The molecule has 0 aliphatic heterocycles. The molecule has 0 amide bonds. The van der Waals surface area contributed by atoms with Gasteiger partial charge in [0.2, 0.25) is 0 Å². The second-order valence-electron chi connectivity index (χ2n) is 16.8. The van der Waals surface area contributed by atoms with Gasteiger partial charge in [0.15, 0.2) is 0 Å². The van der Waals surface area contributed by atoms with Crippen molar-refractivity contribution < 1.29 is 0 Å². The molecular formula is C62H44N2. The first-order valence-electron chi connectivity index (χ1n) is 22.3. The molecular weight excluding hydrogens is 773 g/mol. The van der Waals surface area contributed by atoms with Crippen LogP contribution in [-0.4, -0.2) is 4.57 Å². The number of hydrogen-bond acceptors (Lipinski definition) is 1. The topological polar surface area (TPSA) is 8.17 Å². The standard InChI is InChI=1S/C62H44N2/c1-3-17-45(18-4-1)55-25-11-12-26-56(55)46-34-38-53(39-35-46)63(52-36-32-44(33-37-52)48-31-30-43-16-7-8-19-47(43)40-48)54-24-15-21-49(41-54)59-42-50-20-9-10-27-57(50)62-61(59)58-28-13-14-29-60(58)64(62)51-22-5-2-6-23-51/h1-32,34-36,38-42H,33,37H2. The lowest BCUT2D eigenvalue weighted by Crippen LogP contribution is -2.18. The average molecular weight is 817 g/mol. The number of anilines is 2. The molecule has 12 rings (SSSR count). The number of para-hydroxylation sites is 2. The molecule has 10 aromatic carbocycles. The van der Waals surface area contributed by atoms with E-state index in [9.17, 15) is 0 Å². The number of allylic oxidation sites excluding steroid dienone is 4. The highest BCUT2D eigenvalue weighted by Gasteiger charge is 2.22. The fourth-order valence-corrected chi connectivity index (χ4v) is 10.0. The maximum atomic E-state index is 2.48. The van der Waals surface area contributed by atoms with Crippen molar-refractivity contribution in [2.75, 3.05) is 4.90 Å². The van der Waals surface area contributed by atoms with Gasteiger partial charge in [0, 0.05) is 38.9 Å². The number of benzene rings is 10. The number of rotatable bonds is 8. The first kappa shape index (κ1) is 37.6. The molecule has 11 aromatic rings. The lowest BCUT2D eigenvalue weighted by atomic mass is 9.92. The zero-order chi connectivity index (χ0) is 42.4. The molecule has 64 heavy (non-hydrogen) atoms. The molecule has 1 aromatic heterocycles. The molecule has 0 radical (unpaired) electrons. The molecule has 2 heteroatoms. The summed E-state index contributed by atoms with van der Waals surface area (Å²) in [6.07, 6.45) is 6.55. The lowest BCUT2D eigenvalue weighted by molar-refractivity contribution is 0.930. The second kappa shape index (κ2) is 15.9. The van der Waals surface area contributed by atoms with Gasteiger partial charge in [-0.15, -0.1) is 0 Å². The van der Waals surface area contributed by atoms with Crippen LogP contribution in [0.4, 0.5) is 11.4 Å². The molecule has 1 aliphatic rings. The molecule has 0 saturated heterocycles. The van der Waals surface area contributed by atoms with E-state index in [0.29, 0.717) is 0 Å². The Balaban J connectivity index is 1.02. The van der Waals surface area contributed by atoms with Gasteiger partial charge in [0.05, 0.1) is 11.0 Å². The van der Waals surface area contributed by atoms with Crippen molar-refractivity contribution in [3.05, 3.63) is 254 Å². The van der Waals surface area contributed by atoms with Crippen LogP contribution in [0.3, 0.4) is 0 Å². The van der Waals surface area contributed by atoms with Crippen LogP contribution in [0.1, 0.15) is 18.4 Å². The summed E-state index contributed by atoms with van der Waals surface area (Å²) in [5.41, 5.74) is 17.1. The van der Waals surface area contributed by atoms with Gasteiger partial charge >= 0.3 is 0 Å². The highest BCUT2D eigenvalue weighted by Crippen LogP contribution is 2.45. The van der Waals surface area contributed by atoms with E-state index in [1.54, 1.807) is 0 Å². The van der Waals surface area contributed by atoms with E-state index in [1.807, 2.05) is 0 Å². The largest absolute Gasteiger partial charge is 0.314 e. The highest BCUT2D eigenvalue weighted by molar-refractivity contribution is 6.24. The summed E-state index contributed by atoms with van der Waals surface area (Å²) in [6.45, 7) is 0. The molecule has 0 atom stereocenters. The van der Waals surface area contributed by atoms with Crippen LogP contribution in [0.15, 0.2) is 248 Å². The van der Waals surface area contributed by atoms with E-state index in [-0.39, 0.29) is 0 Å². The van der Waals surface area contributed by atoms with Gasteiger partial charge in [0.1, 0.15) is 0 Å². The highest BCUT2D eigenvalue weighted by atomic mass is 15.1. The number of fused-ring (bicyclic) bond motifs is 6. The maximum Gasteiger partial charge on any atom is 0.0625 e. The van der Waals surface area contributed by atoms with Crippen LogP contribution in [0.25, 0.3) is 88.0 Å². The summed E-state index contributed by atoms with van der Waals surface area (Å²) in [5.74, 6) is 0. The van der Waals surface area contributed by atoms with Gasteiger partial charge < -0.3 is 9.47 Å². The van der Waals surface area contributed by atoms with E-state index < -0.39 is 0 Å². The SMILES string of the molecule is C1=C(c2ccc3ccccc3c2)CCC(N(c2ccc(-c3ccccc3-c3ccccc3)cc2)c2cccc(-c3cc4ccccc4c4c3c3ccccc3n4-c3ccccc3)c2)=C1. The molecule has 0 unspecified atom stereocenters. The van der Waals surface area contributed by atoms with E-state index in [2.05, 4.69) is 252 Å². The van der Waals surface area contributed by atoms with Crippen molar-refractivity contribution in [3.63, 3.8) is 0 Å². The summed E-state index contributed by atoms with van der Waals surface area (Å²) >= 11 is 0. The number of nitrogens with zero attached hydrogens (tertiary/aromatic N) is 2. The summed E-state index contributed by atoms with van der Waals surface area (Å²) in [4.78, 5) is 2.48. The third kappa shape index (κ3) is 6.60. The third-order valence-electron chi connectivity index (χ3n) is 13.1. The Labute approximate surface area is 373 Å². The number of aromatic nitrogens is 1. The van der Waals surface area contributed by atoms with Gasteiger partial charge in [-0.25, -0.2) is 0 Å². The molecule has 302 valence electrons. The summed E-state index contributed by atoms with van der Waals surface area (Å²) in [6, 6.07) is 84.2. The molecule has 0 spiro atoms. The van der Waals surface area contributed by atoms with Crippen LogP contribution in [0, 0.1) is 0 Å². The Morgan fingerprint density at radius 2 is 0.984 bits per heavy atom. The van der Waals surface area contributed by atoms with Crippen LogP contribution in [0.5, 0.6) is 0 Å². The van der Waals surface area contributed by atoms with Gasteiger partial charge in [0.25, 0.3) is 0 Å². The molecule has 0 bridgehead atoms. The first-order chi connectivity index (χ1) is 31.7. The molecule has 1 aliphatic carbocycles. The van der Waals surface area contributed by atoms with E-state index in [0.717, 1.165) is 29.9 Å². The monoisotopic (exact) mass is 816 g/mol. The van der Waals surface area contributed by atoms with Crippen molar-refractivity contribution in [2.24, 2.45) is 0 Å². The molecule has 0 saturated carbocycles. The smallest absolute Gasteiger partial charge is 0.0625 e. The minimum Gasteiger partial charge on any atom is -0.314 e. The number of hydrogen-bond donors (Lipinski definition) is 0. The third-order valence-corrected chi connectivity index (χ3v) is 13.1. The van der Waals surface area contributed by atoms with E-state index >= 15 is 0 Å². The normalized spacial score (nSPS) is 12.8. The van der Waals surface area contributed by atoms with Crippen molar-refractivity contribution in [2.45, 2.75) is 12.8 Å². The summed E-state index contributed by atoms with van der Waals surface area (Å²) in [7, 11) is 0. The molecule has 2 nitrogen and oxygen atoms in total. The van der Waals surface area contributed by atoms with Crippen LogP contribution >= 0.6 is 0 Å². The van der Waals surface area contributed by atoms with Gasteiger partial charge in [-0.05, 0) is 134 Å². The van der Waals surface area contributed by atoms with Gasteiger partial charge in [-0.3, -0.25) is 0 Å². The average Bonchev–Trinajstić information content (AvgIpc) is 3.73. The Morgan fingerprint density at radius 3 is 1.75 bits per heavy atom. The summed E-state index contributed by atoms with van der Waals surface area (Å²) < 4.78 is 2.45. The van der Waals surface area contributed by atoms with Crippen molar-refractivity contribution in [1.82, 2.24) is 4.57 Å². The zero-order valence-corrected chi connectivity index (χ0v) is 35.4. The van der Waals surface area contributed by atoms with Crippen LogP contribution in [0.2, 0.25) is 0 Å². The van der Waals surface area contributed by atoms with Gasteiger partial charge in [-0.1, -0.05) is 182 Å². The Kier molecular flexibility index (Phi) is 9.34. The molecule has 0 fully saturated rings. The van der Waals surface area contributed by atoms with Crippen molar-refractivity contribution in [3.8, 4) is 39.1 Å². The van der Waals surface area contributed by atoms with Crippen LogP contribution < -0.4 is 4.90 Å². The van der Waals surface area contributed by atoms with Crippen LogP contribution in [-0.2, 0) is 0 Å². The van der Waals surface area contributed by atoms with E-state index in [1.165, 1.54) is 93.6 Å². The predicted molar refractivity (Wildman–Crippen MR) is 272 cm³/mol. The summed E-state index contributed by atoms with van der Waals surface area (Å²) in [5, 5.41) is 7.53. The maximum absolute atomic E-state index is 2.48. The Morgan fingerprint density at radius 1 is 0.359 bits per heavy atom. The van der Waals surface area contributed by atoms with Crippen molar-refractivity contribution >= 4 is 60.3 Å². The minimum absolute atomic E-state index is 0.909. The fourth-order valence-electron chi connectivity index (χ4n) is 10.0. The predicted octanol–water partition coefficient (Wildman–Crippen LogP) is 17.0.